The molecule has 1 aliphatic heterocycles. The van der Waals surface area contributed by atoms with Crippen molar-refractivity contribution in [3.05, 3.63) is 15.6 Å². The lowest BCUT2D eigenvalue weighted by molar-refractivity contribution is 0.581. The first kappa shape index (κ1) is 11.1. The molecule has 0 aliphatic carbocycles. The Bertz CT molecular complexity index is 480. The lowest BCUT2D eigenvalue weighted by Crippen LogP contribution is -2.17. The molecule has 1 aliphatic rings. The standard InChI is InChI=1S/C10H15NO2S2/c1-10(2,3)9-11-7-4-5-15(12,13)6-8(7)14-9/h4-6H2,1-3H3. The minimum absolute atomic E-state index is 0.0196. The van der Waals surface area contributed by atoms with Crippen molar-refractivity contribution in [2.75, 3.05) is 5.75 Å². The Labute approximate surface area is 94.5 Å². The van der Waals surface area contributed by atoms with E-state index < -0.39 is 9.84 Å². The van der Waals surface area contributed by atoms with Crippen molar-refractivity contribution in [1.29, 1.82) is 0 Å². The van der Waals surface area contributed by atoms with Crippen LogP contribution in [0.1, 0.15) is 36.3 Å². The van der Waals surface area contributed by atoms with Gasteiger partial charge in [0.15, 0.2) is 9.84 Å². The number of nitrogens with zero attached hydrogens (tertiary/aromatic N) is 1. The first-order chi connectivity index (χ1) is 6.78. The summed E-state index contributed by atoms with van der Waals surface area (Å²) in [5, 5.41) is 1.05. The predicted octanol–water partition coefficient (Wildman–Crippen LogP) is 1.91. The maximum Gasteiger partial charge on any atom is 0.155 e. The average Bonchev–Trinajstić information content (AvgIpc) is 2.43. The van der Waals surface area contributed by atoms with Gasteiger partial charge in [0.1, 0.15) is 0 Å². The van der Waals surface area contributed by atoms with Gasteiger partial charge in [-0.15, -0.1) is 11.3 Å². The van der Waals surface area contributed by atoms with E-state index in [0.29, 0.717) is 6.42 Å². The van der Waals surface area contributed by atoms with Gasteiger partial charge >= 0.3 is 0 Å². The molecule has 15 heavy (non-hydrogen) atoms. The van der Waals surface area contributed by atoms with Gasteiger partial charge in [0, 0.05) is 16.7 Å². The first-order valence-electron chi connectivity index (χ1n) is 4.97. The molecule has 0 saturated carbocycles. The smallest absolute Gasteiger partial charge is 0.155 e. The molecule has 0 unspecified atom stereocenters. The summed E-state index contributed by atoms with van der Waals surface area (Å²) in [6.45, 7) is 6.31. The van der Waals surface area contributed by atoms with Crippen molar-refractivity contribution >= 4 is 21.2 Å². The quantitative estimate of drug-likeness (QED) is 0.701. The molecule has 0 atom stereocenters. The van der Waals surface area contributed by atoms with Crippen LogP contribution in [0.25, 0.3) is 0 Å². The minimum atomic E-state index is -2.86. The highest BCUT2D eigenvalue weighted by Crippen LogP contribution is 2.32. The second kappa shape index (κ2) is 3.28. The zero-order valence-corrected chi connectivity index (χ0v) is 10.8. The Morgan fingerprint density at radius 2 is 2.00 bits per heavy atom. The van der Waals surface area contributed by atoms with Crippen LogP contribution in [-0.4, -0.2) is 19.2 Å². The Kier molecular flexibility index (Phi) is 2.43. The summed E-state index contributed by atoms with van der Waals surface area (Å²) >= 11 is 1.55. The summed E-state index contributed by atoms with van der Waals surface area (Å²) in [5.74, 6) is 0.448. The number of hydrogen-bond acceptors (Lipinski definition) is 4. The highest BCUT2D eigenvalue weighted by Gasteiger charge is 2.28. The highest BCUT2D eigenvalue weighted by molar-refractivity contribution is 7.90. The maximum atomic E-state index is 11.5. The van der Waals surface area contributed by atoms with Gasteiger partial charge in [-0.1, -0.05) is 20.8 Å². The molecule has 1 aromatic rings. The van der Waals surface area contributed by atoms with Crippen LogP contribution in [0.5, 0.6) is 0 Å². The van der Waals surface area contributed by atoms with E-state index in [1.165, 1.54) is 0 Å². The zero-order valence-electron chi connectivity index (χ0n) is 9.20. The van der Waals surface area contributed by atoms with Gasteiger partial charge < -0.3 is 0 Å². The summed E-state index contributed by atoms with van der Waals surface area (Å²) in [6.07, 6.45) is 0.588. The first-order valence-corrected chi connectivity index (χ1v) is 7.61. The number of thiazole rings is 1. The van der Waals surface area contributed by atoms with Crippen LogP contribution in [0, 0.1) is 0 Å². The number of hydrogen-bond donors (Lipinski definition) is 0. The molecule has 0 radical (unpaired) electrons. The van der Waals surface area contributed by atoms with Gasteiger partial charge in [0.2, 0.25) is 0 Å². The molecule has 0 aromatic carbocycles. The third kappa shape index (κ3) is 2.23. The van der Waals surface area contributed by atoms with E-state index in [-0.39, 0.29) is 16.9 Å². The molecule has 0 spiro atoms. The summed E-state index contributed by atoms with van der Waals surface area (Å²) in [5.41, 5.74) is 1.02. The Balaban J connectivity index is 2.42. The van der Waals surface area contributed by atoms with Gasteiger partial charge in [0.25, 0.3) is 0 Å². The van der Waals surface area contributed by atoms with E-state index in [0.717, 1.165) is 15.6 Å². The molecule has 5 heteroatoms. The monoisotopic (exact) mass is 245 g/mol. The maximum absolute atomic E-state index is 11.5. The summed E-state index contributed by atoms with van der Waals surface area (Å²) in [4.78, 5) is 5.49. The van der Waals surface area contributed by atoms with Crippen LogP contribution in [-0.2, 0) is 27.4 Å². The second-order valence-electron chi connectivity index (χ2n) is 4.98. The lowest BCUT2D eigenvalue weighted by Gasteiger charge is -2.13. The van der Waals surface area contributed by atoms with Crippen LogP contribution in [0.3, 0.4) is 0 Å². The van der Waals surface area contributed by atoms with E-state index >= 15 is 0 Å². The summed E-state index contributed by atoms with van der Waals surface area (Å²) in [6, 6.07) is 0. The van der Waals surface area contributed by atoms with Crippen LogP contribution >= 0.6 is 11.3 Å². The van der Waals surface area contributed by atoms with Gasteiger partial charge in [0.05, 0.1) is 22.2 Å². The molecule has 2 heterocycles. The van der Waals surface area contributed by atoms with Crippen molar-refractivity contribution in [2.24, 2.45) is 0 Å². The predicted molar refractivity (Wildman–Crippen MR) is 62.0 cm³/mol. The van der Waals surface area contributed by atoms with Crippen LogP contribution in [0.15, 0.2) is 0 Å². The van der Waals surface area contributed by atoms with Crippen molar-refractivity contribution in [3.8, 4) is 0 Å². The number of aromatic nitrogens is 1. The Hall–Kier alpha value is -0.420. The van der Waals surface area contributed by atoms with Crippen LogP contribution < -0.4 is 0 Å². The fraction of sp³-hybridized carbons (Fsp3) is 0.700. The van der Waals surface area contributed by atoms with Gasteiger partial charge in [-0.2, -0.15) is 0 Å². The van der Waals surface area contributed by atoms with Crippen LogP contribution in [0.2, 0.25) is 0 Å². The number of sulfone groups is 1. The zero-order chi connectivity index (χ0) is 11.3. The van der Waals surface area contributed by atoms with Gasteiger partial charge in [-0.05, 0) is 0 Å². The van der Waals surface area contributed by atoms with E-state index in [9.17, 15) is 8.42 Å². The molecule has 0 amide bonds. The molecular formula is C10H15NO2S2. The fourth-order valence-electron chi connectivity index (χ4n) is 1.54. The molecule has 0 bridgehead atoms. The Morgan fingerprint density at radius 3 is 2.60 bits per heavy atom. The third-order valence-electron chi connectivity index (χ3n) is 2.42. The van der Waals surface area contributed by atoms with E-state index in [4.69, 9.17) is 0 Å². The Morgan fingerprint density at radius 1 is 1.33 bits per heavy atom. The lowest BCUT2D eigenvalue weighted by atomic mass is 9.98. The second-order valence-corrected chi connectivity index (χ2v) is 8.25. The third-order valence-corrected chi connectivity index (χ3v) is 5.68. The number of aryl methyl sites for hydroxylation is 1. The summed E-state index contributed by atoms with van der Waals surface area (Å²) < 4.78 is 22.9. The van der Waals surface area contributed by atoms with Crippen molar-refractivity contribution < 1.29 is 8.42 Å². The van der Waals surface area contributed by atoms with Crippen molar-refractivity contribution in [2.45, 2.75) is 38.4 Å². The van der Waals surface area contributed by atoms with E-state index in [1.54, 1.807) is 11.3 Å². The van der Waals surface area contributed by atoms with Crippen molar-refractivity contribution in [1.82, 2.24) is 4.98 Å². The molecule has 84 valence electrons. The molecule has 1 aromatic heterocycles. The summed E-state index contributed by atoms with van der Waals surface area (Å²) in [7, 11) is -2.86. The average molecular weight is 245 g/mol. The van der Waals surface area contributed by atoms with E-state index in [1.807, 2.05) is 0 Å². The SMILES string of the molecule is CC(C)(C)c1nc2c(s1)CS(=O)(=O)CC2. The molecule has 0 N–H and O–H groups in total. The molecule has 0 saturated heterocycles. The number of rotatable bonds is 0. The van der Waals surface area contributed by atoms with Gasteiger partial charge in [-0.3, -0.25) is 0 Å². The van der Waals surface area contributed by atoms with E-state index in [2.05, 4.69) is 25.8 Å². The molecule has 3 nitrogen and oxygen atoms in total. The largest absolute Gasteiger partial charge is 0.245 e. The fourth-order valence-corrected chi connectivity index (χ4v) is 4.49. The topological polar surface area (TPSA) is 47.0 Å². The normalized spacial score (nSPS) is 19.9. The number of fused-ring (bicyclic) bond motifs is 1. The molecular weight excluding hydrogens is 230 g/mol. The molecule has 0 fully saturated rings. The minimum Gasteiger partial charge on any atom is -0.245 e. The van der Waals surface area contributed by atoms with Crippen LogP contribution in [0.4, 0.5) is 0 Å². The van der Waals surface area contributed by atoms with Gasteiger partial charge in [-0.25, -0.2) is 13.4 Å². The molecule has 2 rings (SSSR count). The highest BCUT2D eigenvalue weighted by atomic mass is 32.2. The van der Waals surface area contributed by atoms with Crippen molar-refractivity contribution in [3.63, 3.8) is 0 Å².